The largest absolute Gasteiger partial charge is 0.748 e. The van der Waals surface area contributed by atoms with Gasteiger partial charge in [-0.15, -0.1) is 0 Å². The summed E-state index contributed by atoms with van der Waals surface area (Å²) in [6.45, 7) is 11.5. The van der Waals surface area contributed by atoms with Crippen molar-refractivity contribution in [2.45, 2.75) is 89.9 Å². The van der Waals surface area contributed by atoms with Gasteiger partial charge in [-0.3, -0.25) is 4.79 Å². The second-order valence-electron chi connectivity index (χ2n) is 14.2. The van der Waals surface area contributed by atoms with E-state index in [4.69, 9.17) is 16.3 Å². The molecule has 1 aliphatic carbocycles. The highest BCUT2D eigenvalue weighted by Gasteiger charge is 2.44. The number of hydrogen-bond donors (Lipinski definition) is 0. The molecule has 0 atom stereocenters. The van der Waals surface area contributed by atoms with E-state index in [2.05, 4.69) is 104 Å². The summed E-state index contributed by atoms with van der Waals surface area (Å²) in [6.07, 6.45) is 15.4. The number of fused-ring (bicyclic) bond motifs is 2. The zero-order valence-corrected chi connectivity index (χ0v) is 30.8. The lowest BCUT2D eigenvalue weighted by Gasteiger charge is -2.27. The van der Waals surface area contributed by atoms with Gasteiger partial charge in [0.25, 0.3) is 6.47 Å². The molecule has 0 bridgehead atoms. The summed E-state index contributed by atoms with van der Waals surface area (Å²) in [5.41, 5.74) is 9.10. The fraction of sp³-hybridized carbons (Fsp3) is 0.450. The Hall–Kier alpha value is -3.46. The number of halogens is 1. The van der Waals surface area contributed by atoms with Crippen molar-refractivity contribution in [2.24, 2.45) is 0 Å². The molecule has 0 amide bonds. The molecule has 0 fully saturated rings. The number of benzene rings is 2. The average molecular weight is 705 g/mol. The zero-order chi connectivity index (χ0) is 35.2. The molecule has 0 unspecified atom stereocenters. The van der Waals surface area contributed by atoms with Crippen molar-refractivity contribution in [1.29, 1.82) is 0 Å². The lowest BCUT2D eigenvalue weighted by molar-refractivity contribution is -0.438. The van der Waals surface area contributed by atoms with Gasteiger partial charge in [0.2, 0.25) is 5.69 Å². The molecule has 2 aromatic rings. The van der Waals surface area contributed by atoms with E-state index in [1.54, 1.807) is 0 Å². The van der Waals surface area contributed by atoms with Crippen molar-refractivity contribution < 1.29 is 27.1 Å². The smallest absolute Gasteiger partial charge is 0.293 e. The van der Waals surface area contributed by atoms with Crippen LogP contribution in [0.25, 0.3) is 0 Å². The third kappa shape index (κ3) is 8.30. The van der Waals surface area contributed by atoms with Gasteiger partial charge in [0.05, 0.1) is 22.1 Å². The summed E-state index contributed by atoms with van der Waals surface area (Å²) in [5.74, 6) is -0.343. The molecule has 0 N–H and O–H groups in total. The number of allylic oxidation sites excluding steroid dienone is 8. The van der Waals surface area contributed by atoms with E-state index in [0.29, 0.717) is 32.5 Å². The lowest BCUT2D eigenvalue weighted by Crippen LogP contribution is -2.28. The van der Waals surface area contributed by atoms with Gasteiger partial charge in [0.1, 0.15) is 6.54 Å². The van der Waals surface area contributed by atoms with Gasteiger partial charge in [0.15, 0.2) is 5.71 Å². The van der Waals surface area contributed by atoms with Crippen LogP contribution in [0.4, 0.5) is 11.4 Å². The minimum atomic E-state index is -4.23. The second-order valence-corrected chi connectivity index (χ2v) is 16.1. The number of carbonyl (C=O) groups is 1. The number of nitrogens with zero attached hydrogens (tertiary/aromatic N) is 2. The van der Waals surface area contributed by atoms with Gasteiger partial charge < -0.3 is 14.2 Å². The molecule has 49 heavy (non-hydrogen) atoms. The molecule has 0 saturated carbocycles. The minimum Gasteiger partial charge on any atom is -0.748 e. The molecule has 0 spiro atoms. The van der Waals surface area contributed by atoms with Crippen LogP contribution < -0.4 is 4.90 Å². The summed E-state index contributed by atoms with van der Waals surface area (Å²) >= 11 is 7.17. The van der Waals surface area contributed by atoms with Crippen LogP contribution in [0.2, 0.25) is 0 Å². The highest BCUT2D eigenvalue weighted by atomic mass is 35.5. The van der Waals surface area contributed by atoms with Crippen LogP contribution in [0, 0.1) is 0 Å². The highest BCUT2D eigenvalue weighted by Crippen LogP contribution is 2.48. The molecule has 3 aliphatic rings. The monoisotopic (exact) mass is 704 g/mol. The molecule has 262 valence electrons. The first kappa shape index (κ1) is 36.8. The van der Waals surface area contributed by atoms with Crippen LogP contribution in [-0.4, -0.2) is 55.2 Å². The number of unbranched alkanes of at least 4 members (excludes halogenated alkanes) is 3. The molecule has 7 nitrogen and oxygen atoms in total. The fourth-order valence-electron chi connectivity index (χ4n) is 7.56. The normalized spacial score (nSPS) is 20.1. The average Bonchev–Trinajstić information content (AvgIpc) is 3.41. The Morgan fingerprint density at radius 1 is 0.898 bits per heavy atom. The molecule has 0 saturated heterocycles. The predicted molar refractivity (Wildman–Crippen MR) is 198 cm³/mol. The molecule has 0 aromatic heterocycles. The van der Waals surface area contributed by atoms with Crippen LogP contribution in [-0.2, 0) is 30.5 Å². The SMILES string of the molecule is CC1(C)C(/C=C/C2=C(Cl)C(=C/C=C3/N(CCCCS(=O)(=O)[O-])c4ccccc4C3(C)C)/CCC2)=[N+](CCCCCOC=O)c2ccccc21. The summed E-state index contributed by atoms with van der Waals surface area (Å²) < 4.78 is 40.9. The van der Waals surface area contributed by atoms with Crippen LogP contribution in [0.3, 0.4) is 0 Å². The van der Waals surface area contributed by atoms with Gasteiger partial charge in [-0.05, 0) is 87.6 Å². The molecule has 2 aliphatic heterocycles. The van der Waals surface area contributed by atoms with Crippen molar-refractivity contribution in [1.82, 2.24) is 0 Å². The summed E-state index contributed by atoms with van der Waals surface area (Å²) in [4.78, 5) is 12.8. The second kappa shape index (κ2) is 15.6. The van der Waals surface area contributed by atoms with E-state index in [1.807, 2.05) is 6.07 Å². The van der Waals surface area contributed by atoms with Crippen molar-refractivity contribution >= 4 is 45.3 Å². The highest BCUT2D eigenvalue weighted by molar-refractivity contribution is 7.85. The first-order chi connectivity index (χ1) is 23.4. The van der Waals surface area contributed by atoms with Crippen molar-refractivity contribution in [3.63, 3.8) is 0 Å². The summed E-state index contributed by atoms with van der Waals surface area (Å²) in [5, 5.41) is 0.801. The van der Waals surface area contributed by atoms with E-state index < -0.39 is 10.1 Å². The summed E-state index contributed by atoms with van der Waals surface area (Å²) in [6, 6.07) is 17.0. The van der Waals surface area contributed by atoms with E-state index >= 15 is 0 Å². The van der Waals surface area contributed by atoms with Crippen molar-refractivity contribution in [3.8, 4) is 0 Å². The van der Waals surface area contributed by atoms with Crippen LogP contribution in [0.1, 0.15) is 90.2 Å². The number of ether oxygens (including phenoxy) is 1. The maximum Gasteiger partial charge on any atom is 0.293 e. The van der Waals surface area contributed by atoms with Crippen molar-refractivity contribution in [2.75, 3.05) is 30.3 Å². The first-order valence-electron chi connectivity index (χ1n) is 17.4. The lowest BCUT2D eigenvalue weighted by atomic mass is 9.81. The van der Waals surface area contributed by atoms with Gasteiger partial charge >= 0.3 is 0 Å². The van der Waals surface area contributed by atoms with E-state index in [0.717, 1.165) is 72.6 Å². The Morgan fingerprint density at radius 3 is 2.39 bits per heavy atom. The standard InChI is InChI=1S/C40H49ClN2O5S/c1-39(2)32-17-6-8-19-34(32)42(25-10-5-12-27-48-29-44)36(39)23-21-30-15-14-16-31(38(30)41)22-24-37-40(3,4)33-18-7-9-20-35(33)43(37)26-11-13-28-49(45,46)47/h6-9,17-24,29H,5,10-16,25-28H2,1-4H3. The minimum absolute atomic E-state index is 0.164. The van der Waals surface area contributed by atoms with Crippen LogP contribution in [0.15, 0.2) is 94.7 Å². The Balaban J connectivity index is 1.41. The maximum absolute atomic E-state index is 11.2. The van der Waals surface area contributed by atoms with Crippen LogP contribution >= 0.6 is 11.6 Å². The molecule has 2 aromatic carbocycles. The Kier molecular flexibility index (Phi) is 11.7. The number of carbonyl (C=O) groups excluding carboxylic acids is 1. The zero-order valence-electron chi connectivity index (χ0n) is 29.2. The molecule has 0 radical (unpaired) electrons. The van der Waals surface area contributed by atoms with E-state index in [-0.39, 0.29) is 16.6 Å². The van der Waals surface area contributed by atoms with E-state index in [1.165, 1.54) is 22.5 Å². The third-order valence-electron chi connectivity index (χ3n) is 10.2. The number of anilines is 1. The van der Waals surface area contributed by atoms with Gasteiger partial charge in [-0.2, -0.15) is 4.58 Å². The molecular weight excluding hydrogens is 656 g/mol. The topological polar surface area (TPSA) is 89.8 Å². The molecular formula is C40H49ClN2O5S. The molecule has 9 heteroatoms. The van der Waals surface area contributed by atoms with E-state index in [9.17, 15) is 17.8 Å². The maximum atomic E-state index is 11.2. The van der Waals surface area contributed by atoms with Gasteiger partial charge in [-0.1, -0.05) is 74.0 Å². The number of rotatable bonds is 15. The predicted octanol–water partition coefficient (Wildman–Crippen LogP) is 8.57. The third-order valence-corrected chi connectivity index (χ3v) is 11.5. The van der Waals surface area contributed by atoms with Crippen molar-refractivity contribution in [3.05, 3.63) is 106 Å². The van der Waals surface area contributed by atoms with Gasteiger partial charge in [-0.25, -0.2) is 8.42 Å². The number of para-hydroxylation sites is 2. The Bertz CT molecular complexity index is 1820. The molecule has 5 rings (SSSR count). The van der Waals surface area contributed by atoms with Crippen LogP contribution in [0.5, 0.6) is 0 Å². The molecule has 2 heterocycles. The number of hydrogen-bond acceptors (Lipinski definition) is 6. The van der Waals surface area contributed by atoms with Gasteiger partial charge in [0, 0.05) is 58.3 Å². The quantitative estimate of drug-likeness (QED) is 0.0799. The fourth-order valence-corrected chi connectivity index (χ4v) is 8.43. The Labute approximate surface area is 297 Å². The Morgan fingerprint density at radius 2 is 1.63 bits per heavy atom. The summed E-state index contributed by atoms with van der Waals surface area (Å²) in [7, 11) is -4.23. The first-order valence-corrected chi connectivity index (χ1v) is 19.4.